The zero-order chi connectivity index (χ0) is 14.4. The first-order valence-electron chi connectivity index (χ1n) is 5.39. The van der Waals surface area contributed by atoms with Crippen LogP contribution in [0.25, 0.3) is 0 Å². The molecular weight excluding hydrogens is 272 g/mol. The van der Waals surface area contributed by atoms with E-state index in [9.17, 15) is 14.4 Å². The molecule has 8 nitrogen and oxygen atoms in total. The van der Waals surface area contributed by atoms with Gasteiger partial charge in [-0.3, -0.25) is 10.1 Å². The summed E-state index contributed by atoms with van der Waals surface area (Å²) in [5.41, 5.74) is 5.68. The first-order valence-corrected chi connectivity index (χ1v) is 6.27. The highest BCUT2D eigenvalue weighted by atomic mass is 32.1. The van der Waals surface area contributed by atoms with Crippen LogP contribution < -0.4 is 16.4 Å². The van der Waals surface area contributed by atoms with Crippen LogP contribution in [-0.2, 0) is 9.59 Å². The number of nitrogens with one attached hydrogen (secondary N) is 2. The van der Waals surface area contributed by atoms with Crippen molar-refractivity contribution in [3.05, 3.63) is 11.1 Å². The van der Waals surface area contributed by atoms with Crippen LogP contribution in [0.4, 0.5) is 9.93 Å². The summed E-state index contributed by atoms with van der Waals surface area (Å²) in [4.78, 5) is 37.0. The number of carboxylic acid groups (broad SMARTS) is 1. The predicted molar refractivity (Wildman–Crippen MR) is 68.9 cm³/mol. The van der Waals surface area contributed by atoms with Crippen LogP contribution in [0, 0.1) is 6.92 Å². The smallest absolute Gasteiger partial charge is 0.326 e. The lowest BCUT2D eigenvalue weighted by atomic mass is 10.1. The van der Waals surface area contributed by atoms with Gasteiger partial charge in [0.1, 0.15) is 6.04 Å². The second-order valence-corrected chi connectivity index (χ2v) is 4.65. The van der Waals surface area contributed by atoms with Gasteiger partial charge in [-0.1, -0.05) is 0 Å². The molecule has 1 heterocycles. The molecule has 0 saturated carbocycles. The van der Waals surface area contributed by atoms with Gasteiger partial charge in [-0.15, -0.1) is 11.3 Å². The summed E-state index contributed by atoms with van der Waals surface area (Å²) in [7, 11) is 0. The number of hydrogen-bond donors (Lipinski definition) is 4. The molecule has 1 rings (SSSR count). The van der Waals surface area contributed by atoms with Gasteiger partial charge in [0.15, 0.2) is 5.13 Å². The predicted octanol–water partition coefficient (Wildman–Crippen LogP) is 0.292. The monoisotopic (exact) mass is 286 g/mol. The van der Waals surface area contributed by atoms with Crippen molar-refractivity contribution in [2.45, 2.75) is 25.8 Å². The third kappa shape index (κ3) is 5.34. The Bertz CT molecular complexity index is 488. The molecule has 5 N–H and O–H groups in total. The number of primary amides is 1. The van der Waals surface area contributed by atoms with E-state index in [4.69, 9.17) is 10.8 Å². The summed E-state index contributed by atoms with van der Waals surface area (Å²) in [6.45, 7) is 1.77. The van der Waals surface area contributed by atoms with E-state index in [1.54, 1.807) is 12.3 Å². The van der Waals surface area contributed by atoms with E-state index in [1.807, 2.05) is 0 Å². The molecule has 3 amide bonds. The average molecular weight is 286 g/mol. The van der Waals surface area contributed by atoms with Gasteiger partial charge < -0.3 is 16.2 Å². The Morgan fingerprint density at radius 3 is 2.68 bits per heavy atom. The molecule has 0 bridgehead atoms. The number of carbonyl (C=O) groups is 3. The second-order valence-electron chi connectivity index (χ2n) is 3.79. The Morgan fingerprint density at radius 2 is 2.21 bits per heavy atom. The number of urea groups is 1. The SMILES string of the molecule is Cc1csc(NC(=O)N[C@H](CCC(N)=O)C(=O)O)n1. The maximum absolute atomic E-state index is 11.5. The maximum atomic E-state index is 11.5. The lowest BCUT2D eigenvalue weighted by molar-refractivity contribution is -0.139. The number of carbonyl (C=O) groups excluding carboxylic acids is 2. The quantitative estimate of drug-likeness (QED) is 0.596. The standard InChI is InChI=1S/C10H14N4O4S/c1-5-4-19-10(12-5)14-9(18)13-6(8(16)17)2-3-7(11)15/h4,6H,2-3H2,1H3,(H2,11,15)(H,16,17)(H2,12,13,14,18)/t6-/m1/s1. The Kier molecular flexibility index (Phi) is 5.24. The van der Waals surface area contributed by atoms with Crippen molar-refractivity contribution >= 4 is 34.4 Å². The Hall–Kier alpha value is -2.16. The van der Waals surface area contributed by atoms with Crippen molar-refractivity contribution in [2.24, 2.45) is 5.73 Å². The average Bonchev–Trinajstić information content (AvgIpc) is 2.69. The van der Waals surface area contributed by atoms with Gasteiger partial charge >= 0.3 is 12.0 Å². The number of anilines is 1. The van der Waals surface area contributed by atoms with E-state index < -0.39 is 23.9 Å². The van der Waals surface area contributed by atoms with E-state index >= 15 is 0 Å². The number of aryl methyl sites for hydroxylation is 1. The van der Waals surface area contributed by atoms with Crippen LogP contribution in [0.1, 0.15) is 18.5 Å². The summed E-state index contributed by atoms with van der Waals surface area (Å²) >= 11 is 1.23. The van der Waals surface area contributed by atoms with E-state index in [-0.39, 0.29) is 12.8 Å². The largest absolute Gasteiger partial charge is 0.480 e. The number of carboxylic acids is 1. The van der Waals surface area contributed by atoms with Crippen LogP contribution in [0.5, 0.6) is 0 Å². The number of thiazole rings is 1. The van der Waals surface area contributed by atoms with Crippen LogP contribution in [-0.4, -0.2) is 34.0 Å². The van der Waals surface area contributed by atoms with Crippen LogP contribution in [0.2, 0.25) is 0 Å². The van der Waals surface area contributed by atoms with Crippen molar-refractivity contribution in [1.29, 1.82) is 0 Å². The Morgan fingerprint density at radius 1 is 1.53 bits per heavy atom. The number of amides is 3. The van der Waals surface area contributed by atoms with Gasteiger partial charge in [-0.2, -0.15) is 0 Å². The number of hydrogen-bond acceptors (Lipinski definition) is 5. The summed E-state index contributed by atoms with van der Waals surface area (Å²) < 4.78 is 0. The molecule has 0 spiro atoms. The molecule has 0 saturated heterocycles. The van der Waals surface area contributed by atoms with Crippen molar-refractivity contribution in [3.63, 3.8) is 0 Å². The van der Waals surface area contributed by atoms with Gasteiger partial charge in [0.25, 0.3) is 0 Å². The molecule has 9 heteroatoms. The second kappa shape index (κ2) is 6.69. The number of aromatic nitrogens is 1. The van der Waals surface area contributed by atoms with Crippen LogP contribution in [0.3, 0.4) is 0 Å². The molecule has 0 radical (unpaired) electrons. The summed E-state index contributed by atoms with van der Waals surface area (Å²) in [6, 6.07) is -1.86. The molecule has 0 aliphatic heterocycles. The third-order valence-corrected chi connectivity index (χ3v) is 3.00. The van der Waals surface area contributed by atoms with E-state index in [0.717, 1.165) is 5.69 Å². The molecule has 0 aliphatic carbocycles. The highest BCUT2D eigenvalue weighted by Gasteiger charge is 2.20. The fraction of sp³-hybridized carbons (Fsp3) is 0.400. The molecule has 0 aromatic carbocycles. The minimum absolute atomic E-state index is 0.0605. The van der Waals surface area contributed by atoms with Crippen molar-refractivity contribution in [1.82, 2.24) is 10.3 Å². The highest BCUT2D eigenvalue weighted by molar-refractivity contribution is 7.13. The molecule has 0 aliphatic rings. The fourth-order valence-electron chi connectivity index (χ4n) is 1.25. The first-order chi connectivity index (χ1) is 8.88. The number of nitrogens with zero attached hydrogens (tertiary/aromatic N) is 1. The maximum Gasteiger partial charge on any atom is 0.326 e. The lowest BCUT2D eigenvalue weighted by Crippen LogP contribution is -2.43. The molecule has 1 aromatic heterocycles. The van der Waals surface area contributed by atoms with E-state index in [2.05, 4.69) is 15.6 Å². The van der Waals surface area contributed by atoms with Gasteiger partial charge in [0, 0.05) is 11.8 Å². The lowest BCUT2D eigenvalue weighted by Gasteiger charge is -2.13. The molecular formula is C10H14N4O4S. The minimum Gasteiger partial charge on any atom is -0.480 e. The van der Waals surface area contributed by atoms with Crippen LogP contribution in [0.15, 0.2) is 5.38 Å². The third-order valence-electron chi connectivity index (χ3n) is 2.12. The highest BCUT2D eigenvalue weighted by Crippen LogP contribution is 2.14. The number of rotatable bonds is 6. The molecule has 0 fully saturated rings. The van der Waals surface area contributed by atoms with Gasteiger partial charge in [-0.25, -0.2) is 14.6 Å². The topological polar surface area (TPSA) is 134 Å². The molecule has 19 heavy (non-hydrogen) atoms. The van der Waals surface area contributed by atoms with Crippen molar-refractivity contribution < 1.29 is 19.5 Å². The van der Waals surface area contributed by atoms with Gasteiger partial charge in [0.2, 0.25) is 5.91 Å². The van der Waals surface area contributed by atoms with E-state index in [0.29, 0.717) is 5.13 Å². The zero-order valence-corrected chi connectivity index (χ0v) is 11.0. The van der Waals surface area contributed by atoms with Gasteiger partial charge in [0.05, 0.1) is 5.69 Å². The Labute approximate surface area is 113 Å². The van der Waals surface area contributed by atoms with Crippen molar-refractivity contribution in [2.75, 3.05) is 5.32 Å². The van der Waals surface area contributed by atoms with E-state index in [1.165, 1.54) is 11.3 Å². The number of aliphatic carboxylic acids is 1. The van der Waals surface area contributed by atoms with Gasteiger partial charge in [-0.05, 0) is 13.3 Å². The molecule has 0 unspecified atom stereocenters. The van der Waals surface area contributed by atoms with Crippen LogP contribution >= 0.6 is 11.3 Å². The molecule has 104 valence electrons. The summed E-state index contributed by atoms with van der Waals surface area (Å²) in [6.07, 6.45) is -0.178. The Balaban J connectivity index is 2.51. The zero-order valence-electron chi connectivity index (χ0n) is 10.2. The van der Waals surface area contributed by atoms with Crippen molar-refractivity contribution in [3.8, 4) is 0 Å². The fourth-order valence-corrected chi connectivity index (χ4v) is 1.93. The summed E-state index contributed by atoms with van der Waals surface area (Å²) in [5, 5.41) is 15.7. The minimum atomic E-state index is -1.23. The first kappa shape index (κ1) is 14.9. The molecule has 1 aromatic rings. The molecule has 1 atom stereocenters. The summed E-state index contributed by atoms with van der Waals surface area (Å²) in [5.74, 6) is -1.85. The number of nitrogens with two attached hydrogens (primary N) is 1. The normalized spacial score (nSPS) is 11.6.